The van der Waals surface area contributed by atoms with E-state index in [0.717, 1.165) is 12.0 Å². The van der Waals surface area contributed by atoms with Crippen molar-refractivity contribution in [3.8, 4) is 11.5 Å². The zero-order valence-electron chi connectivity index (χ0n) is 13.3. The molecule has 0 aliphatic carbocycles. The molecule has 0 aromatic heterocycles. The summed E-state index contributed by atoms with van der Waals surface area (Å²) in [5, 5.41) is 2.79. The maximum absolute atomic E-state index is 12.8. The number of carbonyl (C=O) groups is 1. The van der Waals surface area contributed by atoms with Crippen molar-refractivity contribution in [1.29, 1.82) is 0 Å². The third kappa shape index (κ3) is 4.71. The normalized spacial score (nSPS) is 10.2. The second-order valence-corrected chi connectivity index (χ2v) is 5.02. The van der Waals surface area contributed by atoms with E-state index in [1.165, 1.54) is 19.2 Å². The molecule has 0 unspecified atom stereocenters. The molecule has 0 atom stereocenters. The highest BCUT2D eigenvalue weighted by atomic mass is 19.1. The number of ether oxygens (including phenoxy) is 2. The fourth-order valence-electron chi connectivity index (χ4n) is 2.03. The second-order valence-electron chi connectivity index (χ2n) is 5.02. The van der Waals surface area contributed by atoms with E-state index in [0.29, 0.717) is 30.2 Å². The van der Waals surface area contributed by atoms with Crippen LogP contribution in [0.5, 0.6) is 11.5 Å². The number of amides is 1. The Morgan fingerprint density at radius 2 is 1.87 bits per heavy atom. The van der Waals surface area contributed by atoms with Crippen LogP contribution in [0.25, 0.3) is 0 Å². The molecular formula is C18H20FNO3. The Labute approximate surface area is 135 Å². The lowest BCUT2D eigenvalue weighted by molar-refractivity contribution is 0.0950. The van der Waals surface area contributed by atoms with E-state index in [2.05, 4.69) is 5.32 Å². The fraction of sp³-hybridized carbons (Fsp3) is 0.278. The fourth-order valence-corrected chi connectivity index (χ4v) is 2.03. The number of halogens is 1. The highest BCUT2D eigenvalue weighted by molar-refractivity contribution is 5.94. The first-order valence-electron chi connectivity index (χ1n) is 7.47. The summed E-state index contributed by atoms with van der Waals surface area (Å²) in [5.74, 6) is 0.611. The largest absolute Gasteiger partial charge is 0.493 e. The number of carbonyl (C=O) groups excluding carboxylic acids is 1. The van der Waals surface area contributed by atoms with Gasteiger partial charge < -0.3 is 14.8 Å². The van der Waals surface area contributed by atoms with E-state index in [9.17, 15) is 9.18 Å². The van der Waals surface area contributed by atoms with E-state index < -0.39 is 0 Å². The molecule has 0 heterocycles. The predicted octanol–water partition coefficient (Wildman–Crippen LogP) is 3.55. The van der Waals surface area contributed by atoms with Gasteiger partial charge in [0.15, 0.2) is 11.5 Å². The van der Waals surface area contributed by atoms with Gasteiger partial charge in [-0.25, -0.2) is 4.39 Å². The molecule has 5 heteroatoms. The van der Waals surface area contributed by atoms with Crippen molar-refractivity contribution in [1.82, 2.24) is 5.32 Å². The molecule has 2 aromatic carbocycles. The van der Waals surface area contributed by atoms with Gasteiger partial charge in [0.1, 0.15) is 5.82 Å². The van der Waals surface area contributed by atoms with E-state index >= 15 is 0 Å². The van der Waals surface area contributed by atoms with Crippen LogP contribution >= 0.6 is 0 Å². The van der Waals surface area contributed by atoms with Crippen LogP contribution in [0.15, 0.2) is 42.5 Å². The minimum Gasteiger partial charge on any atom is -0.493 e. The lowest BCUT2D eigenvalue weighted by atomic mass is 10.1. The van der Waals surface area contributed by atoms with Gasteiger partial charge in [0.25, 0.3) is 5.91 Å². The van der Waals surface area contributed by atoms with E-state index in [-0.39, 0.29) is 11.7 Å². The summed E-state index contributed by atoms with van der Waals surface area (Å²) in [4.78, 5) is 12.2. The van der Waals surface area contributed by atoms with E-state index in [4.69, 9.17) is 9.47 Å². The molecule has 0 fully saturated rings. The van der Waals surface area contributed by atoms with Crippen molar-refractivity contribution in [2.45, 2.75) is 19.9 Å². The first-order valence-corrected chi connectivity index (χ1v) is 7.47. The van der Waals surface area contributed by atoms with Crippen LogP contribution in [0.4, 0.5) is 4.39 Å². The molecule has 23 heavy (non-hydrogen) atoms. The zero-order valence-corrected chi connectivity index (χ0v) is 13.3. The van der Waals surface area contributed by atoms with Gasteiger partial charge in [-0.15, -0.1) is 0 Å². The van der Waals surface area contributed by atoms with Gasteiger partial charge in [-0.1, -0.05) is 19.1 Å². The Bertz CT molecular complexity index is 656. The minimum absolute atomic E-state index is 0.227. The average Bonchev–Trinajstić information content (AvgIpc) is 2.59. The summed E-state index contributed by atoms with van der Waals surface area (Å²) in [6.07, 6.45) is 0.892. The van der Waals surface area contributed by atoms with Crippen molar-refractivity contribution >= 4 is 5.91 Å². The number of methoxy groups -OCH3 is 1. The average molecular weight is 317 g/mol. The maximum atomic E-state index is 12.8. The van der Waals surface area contributed by atoms with Crippen LogP contribution < -0.4 is 14.8 Å². The Kier molecular flexibility index (Phi) is 5.97. The molecule has 2 rings (SSSR count). The first-order chi connectivity index (χ1) is 11.1. The summed E-state index contributed by atoms with van der Waals surface area (Å²) in [6.45, 7) is 2.94. The molecular weight excluding hydrogens is 297 g/mol. The molecule has 0 radical (unpaired) electrons. The van der Waals surface area contributed by atoms with Gasteiger partial charge in [-0.2, -0.15) is 0 Å². The van der Waals surface area contributed by atoms with Crippen molar-refractivity contribution < 1.29 is 18.7 Å². The van der Waals surface area contributed by atoms with Crippen molar-refractivity contribution in [3.05, 3.63) is 59.4 Å². The lowest BCUT2D eigenvalue weighted by Crippen LogP contribution is -2.22. The van der Waals surface area contributed by atoms with Crippen LogP contribution in [0.3, 0.4) is 0 Å². The molecule has 4 nitrogen and oxygen atoms in total. The second kappa shape index (κ2) is 8.17. The van der Waals surface area contributed by atoms with Crippen molar-refractivity contribution in [2.75, 3.05) is 13.7 Å². The quantitative estimate of drug-likeness (QED) is 0.849. The molecule has 122 valence electrons. The van der Waals surface area contributed by atoms with Gasteiger partial charge >= 0.3 is 0 Å². The van der Waals surface area contributed by atoms with E-state index in [1.54, 1.807) is 30.3 Å². The van der Waals surface area contributed by atoms with Gasteiger partial charge in [-0.3, -0.25) is 4.79 Å². The molecule has 0 aliphatic rings. The van der Waals surface area contributed by atoms with Crippen LogP contribution in [-0.4, -0.2) is 19.6 Å². The van der Waals surface area contributed by atoms with Gasteiger partial charge in [-0.05, 0) is 42.3 Å². The van der Waals surface area contributed by atoms with Crippen LogP contribution in [0.1, 0.15) is 29.3 Å². The van der Waals surface area contributed by atoms with Crippen LogP contribution in [0, 0.1) is 5.82 Å². The summed E-state index contributed by atoms with van der Waals surface area (Å²) >= 11 is 0. The monoisotopic (exact) mass is 317 g/mol. The lowest BCUT2D eigenvalue weighted by Gasteiger charge is -2.12. The Balaban J connectivity index is 2.02. The molecule has 2 aromatic rings. The Hall–Kier alpha value is -2.56. The highest BCUT2D eigenvalue weighted by Crippen LogP contribution is 2.28. The smallest absolute Gasteiger partial charge is 0.251 e. The summed E-state index contributed by atoms with van der Waals surface area (Å²) in [6, 6.07) is 11.1. The molecule has 0 aliphatic heterocycles. The van der Waals surface area contributed by atoms with Crippen molar-refractivity contribution in [3.63, 3.8) is 0 Å². The first kappa shape index (κ1) is 16.8. The van der Waals surface area contributed by atoms with Crippen LogP contribution in [-0.2, 0) is 6.54 Å². The number of benzene rings is 2. The number of rotatable bonds is 7. The number of nitrogens with one attached hydrogen (secondary N) is 1. The predicted molar refractivity (Wildman–Crippen MR) is 86.4 cm³/mol. The zero-order chi connectivity index (χ0) is 16.7. The minimum atomic E-state index is -0.299. The van der Waals surface area contributed by atoms with Gasteiger partial charge in [0.05, 0.1) is 13.7 Å². The summed E-state index contributed by atoms with van der Waals surface area (Å²) in [7, 11) is 1.54. The number of hydrogen-bond acceptors (Lipinski definition) is 3. The maximum Gasteiger partial charge on any atom is 0.251 e. The van der Waals surface area contributed by atoms with Gasteiger partial charge in [0, 0.05) is 12.1 Å². The summed E-state index contributed by atoms with van der Waals surface area (Å²) < 4.78 is 23.7. The molecule has 0 spiro atoms. The third-order valence-electron chi connectivity index (χ3n) is 3.25. The molecule has 0 saturated heterocycles. The highest BCUT2D eigenvalue weighted by Gasteiger charge is 2.11. The molecule has 0 saturated carbocycles. The topological polar surface area (TPSA) is 47.6 Å². The SMILES string of the molecule is CCCOc1ccc(C(=O)NCc2ccc(F)cc2)cc1OC. The Morgan fingerprint density at radius 3 is 2.52 bits per heavy atom. The molecule has 1 amide bonds. The van der Waals surface area contributed by atoms with Crippen molar-refractivity contribution in [2.24, 2.45) is 0 Å². The Morgan fingerprint density at radius 1 is 1.13 bits per heavy atom. The van der Waals surface area contributed by atoms with Gasteiger partial charge in [0.2, 0.25) is 0 Å². The summed E-state index contributed by atoms with van der Waals surface area (Å²) in [5.41, 5.74) is 1.31. The number of hydrogen-bond donors (Lipinski definition) is 1. The van der Waals surface area contributed by atoms with Crippen LogP contribution in [0.2, 0.25) is 0 Å². The molecule has 1 N–H and O–H groups in total. The third-order valence-corrected chi connectivity index (χ3v) is 3.25. The van der Waals surface area contributed by atoms with E-state index in [1.807, 2.05) is 6.92 Å². The molecule has 0 bridgehead atoms. The standard InChI is InChI=1S/C18H20FNO3/c1-3-10-23-16-9-6-14(11-17(16)22-2)18(21)20-12-13-4-7-15(19)8-5-13/h4-9,11H,3,10,12H2,1-2H3,(H,20,21).